The van der Waals surface area contributed by atoms with E-state index in [-0.39, 0.29) is 17.6 Å². The largest absolute Gasteiger partial charge is 0.616 e. The molecule has 2 heterocycles. The van der Waals surface area contributed by atoms with Crippen LogP contribution in [-0.4, -0.2) is 58.1 Å². The van der Waals surface area contributed by atoms with Crippen molar-refractivity contribution in [2.24, 2.45) is 0 Å². The maximum absolute atomic E-state index is 12.4. The number of carbonyl (C=O) groups is 2. The summed E-state index contributed by atoms with van der Waals surface area (Å²) in [5.74, 6) is 0.342. The maximum atomic E-state index is 12.4. The van der Waals surface area contributed by atoms with Crippen LogP contribution in [0.15, 0.2) is 41.8 Å². The van der Waals surface area contributed by atoms with E-state index in [0.717, 1.165) is 11.1 Å². The number of rotatable bonds is 5. The SMILES string of the molecule is CC(=O)N1CCN(C(=O)C[S+]([O-])Cc2cccc(-c3cccs3)c2)CC1. The van der Waals surface area contributed by atoms with Crippen LogP contribution < -0.4 is 0 Å². The van der Waals surface area contributed by atoms with E-state index in [9.17, 15) is 14.1 Å². The summed E-state index contributed by atoms with van der Waals surface area (Å²) in [6.07, 6.45) is 0. The Kier molecular flexibility index (Phi) is 6.34. The zero-order valence-electron chi connectivity index (χ0n) is 14.7. The molecule has 1 unspecified atom stereocenters. The Bertz CT molecular complexity index is 756. The van der Waals surface area contributed by atoms with Crippen LogP contribution in [0.4, 0.5) is 0 Å². The molecule has 0 spiro atoms. The number of thiophene rings is 1. The van der Waals surface area contributed by atoms with Crippen LogP contribution >= 0.6 is 11.3 Å². The van der Waals surface area contributed by atoms with Gasteiger partial charge in [-0.1, -0.05) is 24.3 Å². The Labute approximate surface area is 160 Å². The average molecular weight is 391 g/mol. The summed E-state index contributed by atoms with van der Waals surface area (Å²) in [4.78, 5) is 28.3. The molecular formula is C19H22N2O3S2. The van der Waals surface area contributed by atoms with Crippen LogP contribution in [-0.2, 0) is 26.5 Å². The van der Waals surface area contributed by atoms with Gasteiger partial charge in [-0.2, -0.15) is 0 Å². The molecule has 1 aliphatic rings. The molecule has 2 aromatic rings. The van der Waals surface area contributed by atoms with Crippen molar-refractivity contribution < 1.29 is 14.1 Å². The number of hydrogen-bond acceptors (Lipinski definition) is 4. The zero-order chi connectivity index (χ0) is 18.5. The maximum Gasteiger partial charge on any atom is 0.272 e. The number of amides is 2. The molecular weight excluding hydrogens is 368 g/mol. The summed E-state index contributed by atoms with van der Waals surface area (Å²) < 4.78 is 12.4. The van der Waals surface area contributed by atoms with Gasteiger partial charge in [0.25, 0.3) is 5.91 Å². The summed E-state index contributed by atoms with van der Waals surface area (Å²) in [6.45, 7) is 3.68. The first-order valence-electron chi connectivity index (χ1n) is 8.54. The molecule has 5 nitrogen and oxygen atoms in total. The first-order valence-corrected chi connectivity index (χ1v) is 10.9. The first-order chi connectivity index (χ1) is 12.5. The molecule has 0 radical (unpaired) electrons. The summed E-state index contributed by atoms with van der Waals surface area (Å²) in [5.41, 5.74) is 2.09. The minimum Gasteiger partial charge on any atom is -0.616 e. The lowest BCUT2D eigenvalue weighted by Gasteiger charge is -2.34. The van der Waals surface area contributed by atoms with Gasteiger partial charge in [-0.25, -0.2) is 0 Å². The van der Waals surface area contributed by atoms with Gasteiger partial charge in [-0.3, -0.25) is 9.59 Å². The first kappa shape index (κ1) is 18.9. The molecule has 138 valence electrons. The summed E-state index contributed by atoms with van der Waals surface area (Å²) in [5, 5.41) is 2.03. The van der Waals surface area contributed by atoms with Crippen LogP contribution in [0, 0.1) is 0 Å². The van der Waals surface area contributed by atoms with E-state index in [1.54, 1.807) is 21.1 Å². The number of hydrogen-bond donors (Lipinski definition) is 0. The molecule has 1 atom stereocenters. The fourth-order valence-electron chi connectivity index (χ4n) is 2.99. The summed E-state index contributed by atoms with van der Waals surface area (Å²) in [6, 6.07) is 12.1. The predicted molar refractivity (Wildman–Crippen MR) is 105 cm³/mol. The Balaban J connectivity index is 1.53. The van der Waals surface area contributed by atoms with E-state index in [4.69, 9.17) is 0 Å². The third-order valence-corrected chi connectivity index (χ3v) is 6.57. The highest BCUT2D eigenvalue weighted by atomic mass is 32.2. The molecule has 0 saturated carbocycles. The third kappa shape index (κ3) is 4.87. The van der Waals surface area contributed by atoms with Gasteiger partial charge in [0.05, 0.1) is 0 Å². The molecule has 0 bridgehead atoms. The molecule has 1 aromatic carbocycles. The monoisotopic (exact) mass is 390 g/mol. The standard InChI is InChI=1S/C19H22N2O3S2/c1-15(22)20-7-9-21(10-8-20)19(23)14-26(24)13-16-4-2-5-17(12-16)18-6-3-11-25-18/h2-6,11-12H,7-10,13-14H2,1H3. The normalized spacial score (nSPS) is 15.8. The minimum absolute atomic E-state index is 0.0311. The van der Waals surface area contributed by atoms with E-state index in [1.165, 1.54) is 11.8 Å². The van der Waals surface area contributed by atoms with Crippen molar-refractivity contribution in [2.45, 2.75) is 12.7 Å². The van der Waals surface area contributed by atoms with Crippen molar-refractivity contribution in [3.8, 4) is 10.4 Å². The lowest BCUT2D eigenvalue weighted by molar-refractivity contribution is -0.136. The van der Waals surface area contributed by atoms with Crippen molar-refractivity contribution in [3.63, 3.8) is 0 Å². The van der Waals surface area contributed by atoms with E-state index in [1.807, 2.05) is 35.7 Å². The van der Waals surface area contributed by atoms with E-state index in [0.29, 0.717) is 31.9 Å². The van der Waals surface area contributed by atoms with Gasteiger partial charge >= 0.3 is 0 Å². The fourth-order valence-corrected chi connectivity index (χ4v) is 4.83. The van der Waals surface area contributed by atoms with Gasteiger partial charge in [-0.05, 0) is 34.3 Å². The highest BCUT2D eigenvalue weighted by Gasteiger charge is 2.25. The Morgan fingerprint density at radius 3 is 2.50 bits per heavy atom. The van der Waals surface area contributed by atoms with Crippen molar-refractivity contribution in [1.82, 2.24) is 9.80 Å². The van der Waals surface area contributed by atoms with Gasteiger partial charge in [0.2, 0.25) is 5.91 Å². The van der Waals surface area contributed by atoms with Gasteiger partial charge in [-0.15, -0.1) is 11.3 Å². The Morgan fingerprint density at radius 1 is 1.12 bits per heavy atom. The topological polar surface area (TPSA) is 63.7 Å². The second kappa shape index (κ2) is 8.70. The van der Waals surface area contributed by atoms with Crippen molar-refractivity contribution in [3.05, 3.63) is 47.3 Å². The zero-order valence-corrected chi connectivity index (χ0v) is 16.4. The second-order valence-electron chi connectivity index (χ2n) is 6.29. The number of benzene rings is 1. The molecule has 1 aliphatic heterocycles. The quantitative estimate of drug-likeness (QED) is 0.736. The molecule has 1 fully saturated rings. The molecule has 1 saturated heterocycles. The molecule has 3 rings (SSSR count). The van der Waals surface area contributed by atoms with Crippen LogP contribution in [0.2, 0.25) is 0 Å². The van der Waals surface area contributed by atoms with Crippen LogP contribution in [0.25, 0.3) is 10.4 Å². The molecule has 26 heavy (non-hydrogen) atoms. The highest BCUT2D eigenvalue weighted by molar-refractivity contribution is 7.91. The highest BCUT2D eigenvalue weighted by Crippen LogP contribution is 2.25. The summed E-state index contributed by atoms with van der Waals surface area (Å²) >= 11 is 0.427. The van der Waals surface area contributed by atoms with E-state index < -0.39 is 11.2 Å². The van der Waals surface area contributed by atoms with Crippen LogP contribution in [0.5, 0.6) is 0 Å². The minimum atomic E-state index is -1.24. The van der Waals surface area contributed by atoms with Crippen LogP contribution in [0.3, 0.4) is 0 Å². The lowest BCUT2D eigenvalue weighted by atomic mass is 10.1. The second-order valence-corrected chi connectivity index (χ2v) is 8.70. The van der Waals surface area contributed by atoms with Crippen molar-refractivity contribution in [1.29, 1.82) is 0 Å². The van der Waals surface area contributed by atoms with Crippen molar-refractivity contribution >= 4 is 34.3 Å². The fraction of sp³-hybridized carbons (Fsp3) is 0.368. The molecule has 0 N–H and O–H groups in total. The smallest absolute Gasteiger partial charge is 0.272 e. The number of piperazine rings is 1. The van der Waals surface area contributed by atoms with Gasteiger partial charge in [0, 0.05) is 43.5 Å². The van der Waals surface area contributed by atoms with E-state index in [2.05, 4.69) is 6.07 Å². The lowest BCUT2D eigenvalue weighted by Crippen LogP contribution is -2.51. The van der Waals surface area contributed by atoms with Gasteiger partial charge in [0.1, 0.15) is 5.75 Å². The number of carbonyl (C=O) groups excluding carboxylic acids is 2. The molecule has 0 aliphatic carbocycles. The van der Waals surface area contributed by atoms with E-state index >= 15 is 0 Å². The molecule has 7 heteroatoms. The average Bonchev–Trinajstić information content (AvgIpc) is 3.16. The Hall–Kier alpha value is -1.83. The number of nitrogens with zero attached hydrogens (tertiary/aromatic N) is 2. The van der Waals surface area contributed by atoms with Gasteiger partial charge in [0.15, 0.2) is 5.75 Å². The summed E-state index contributed by atoms with van der Waals surface area (Å²) in [7, 11) is 0. The predicted octanol–water partition coefficient (Wildman–Crippen LogP) is 2.35. The van der Waals surface area contributed by atoms with Crippen molar-refractivity contribution in [2.75, 3.05) is 31.9 Å². The van der Waals surface area contributed by atoms with Gasteiger partial charge < -0.3 is 14.4 Å². The molecule has 2 amide bonds. The van der Waals surface area contributed by atoms with Crippen LogP contribution in [0.1, 0.15) is 12.5 Å². The third-order valence-electron chi connectivity index (χ3n) is 4.42. The Morgan fingerprint density at radius 2 is 1.85 bits per heavy atom. The molecule has 1 aromatic heterocycles.